The van der Waals surface area contributed by atoms with Crippen LogP contribution < -0.4 is 10.8 Å². The Hall–Kier alpha value is -0.650. The van der Waals surface area contributed by atoms with Crippen LogP contribution in [0.4, 0.5) is 0 Å². The second-order valence-corrected chi connectivity index (χ2v) is 5.51. The van der Waals surface area contributed by atoms with Crippen molar-refractivity contribution in [3.05, 3.63) is 0 Å². The molecule has 1 aliphatic heterocycles. The molecule has 5 nitrogen and oxygen atoms in total. The van der Waals surface area contributed by atoms with Gasteiger partial charge in [-0.1, -0.05) is 20.3 Å². The fourth-order valence-corrected chi connectivity index (χ4v) is 2.71. The molecule has 1 aliphatic carbocycles. The van der Waals surface area contributed by atoms with E-state index < -0.39 is 5.97 Å². The molecule has 0 spiro atoms. The summed E-state index contributed by atoms with van der Waals surface area (Å²) in [6.45, 7) is 4.20. The van der Waals surface area contributed by atoms with Gasteiger partial charge in [0, 0.05) is 0 Å². The molecule has 5 heteroatoms. The maximum Gasteiger partial charge on any atom is 0.306 e. The summed E-state index contributed by atoms with van der Waals surface area (Å²) in [5.74, 6) is -0.0792. The number of aliphatic carboxylic acids is 1. The SMILES string of the molecule is CC(C)C1NC(C2CCCC(C(=O)O)C2)NO1. The summed E-state index contributed by atoms with van der Waals surface area (Å²) >= 11 is 0. The average Bonchev–Trinajstić information content (AvgIpc) is 2.78. The quantitative estimate of drug-likeness (QED) is 0.696. The van der Waals surface area contributed by atoms with Crippen molar-refractivity contribution in [3.8, 4) is 0 Å². The minimum absolute atomic E-state index is 0.0326. The van der Waals surface area contributed by atoms with Crippen molar-refractivity contribution >= 4 is 5.97 Å². The highest BCUT2D eigenvalue weighted by atomic mass is 16.7. The Bertz CT molecular complexity index is 283. The average molecular weight is 242 g/mol. The first-order chi connectivity index (χ1) is 8.08. The van der Waals surface area contributed by atoms with Gasteiger partial charge in [-0.15, -0.1) is 0 Å². The lowest BCUT2D eigenvalue weighted by Gasteiger charge is -2.30. The van der Waals surface area contributed by atoms with Crippen molar-refractivity contribution in [2.45, 2.75) is 51.9 Å². The molecule has 4 atom stereocenters. The number of nitrogens with one attached hydrogen (secondary N) is 2. The minimum Gasteiger partial charge on any atom is -0.481 e. The Morgan fingerprint density at radius 1 is 1.41 bits per heavy atom. The van der Waals surface area contributed by atoms with E-state index in [1.165, 1.54) is 0 Å². The van der Waals surface area contributed by atoms with Crippen molar-refractivity contribution in [3.63, 3.8) is 0 Å². The van der Waals surface area contributed by atoms with E-state index in [0.717, 1.165) is 25.7 Å². The molecule has 3 N–H and O–H groups in total. The molecular weight excluding hydrogens is 220 g/mol. The largest absolute Gasteiger partial charge is 0.481 e. The molecule has 1 heterocycles. The molecule has 1 saturated heterocycles. The van der Waals surface area contributed by atoms with Crippen molar-refractivity contribution in [1.29, 1.82) is 0 Å². The molecule has 0 bridgehead atoms. The summed E-state index contributed by atoms with van der Waals surface area (Å²) in [4.78, 5) is 16.5. The standard InChI is InChI=1S/C12H22N2O3/c1-7(2)11-13-10(14-17-11)8-4-3-5-9(6-8)12(15)16/h7-11,13-14H,3-6H2,1-2H3,(H,15,16). The van der Waals surface area contributed by atoms with E-state index in [1.807, 2.05) is 0 Å². The third-order valence-corrected chi connectivity index (χ3v) is 3.81. The van der Waals surface area contributed by atoms with E-state index in [4.69, 9.17) is 9.94 Å². The molecule has 2 aliphatic rings. The zero-order valence-corrected chi connectivity index (χ0v) is 10.5. The summed E-state index contributed by atoms with van der Waals surface area (Å²) in [6.07, 6.45) is 3.76. The molecule has 0 aromatic carbocycles. The van der Waals surface area contributed by atoms with Gasteiger partial charge in [0.1, 0.15) is 6.23 Å². The molecular formula is C12H22N2O3. The zero-order valence-electron chi connectivity index (χ0n) is 10.5. The summed E-state index contributed by atoms with van der Waals surface area (Å²) in [6, 6.07) is 0. The molecule has 1 saturated carbocycles. The smallest absolute Gasteiger partial charge is 0.306 e. The molecule has 4 unspecified atom stereocenters. The van der Waals surface area contributed by atoms with E-state index >= 15 is 0 Å². The number of carboxylic acid groups (broad SMARTS) is 1. The van der Waals surface area contributed by atoms with Crippen molar-refractivity contribution < 1.29 is 14.7 Å². The van der Waals surface area contributed by atoms with E-state index in [2.05, 4.69) is 24.6 Å². The lowest BCUT2D eigenvalue weighted by molar-refractivity contribution is -0.143. The van der Waals surface area contributed by atoms with Gasteiger partial charge in [-0.3, -0.25) is 14.9 Å². The molecule has 0 aromatic heterocycles. The number of carboxylic acids is 1. The Kier molecular flexibility index (Phi) is 4.01. The van der Waals surface area contributed by atoms with Gasteiger partial charge in [0.25, 0.3) is 0 Å². The van der Waals surface area contributed by atoms with Gasteiger partial charge in [0.05, 0.1) is 12.1 Å². The van der Waals surface area contributed by atoms with Gasteiger partial charge in [0.15, 0.2) is 0 Å². The second kappa shape index (κ2) is 5.33. The van der Waals surface area contributed by atoms with Gasteiger partial charge < -0.3 is 5.11 Å². The molecule has 98 valence electrons. The molecule has 17 heavy (non-hydrogen) atoms. The monoisotopic (exact) mass is 242 g/mol. The van der Waals surface area contributed by atoms with Gasteiger partial charge in [-0.25, -0.2) is 0 Å². The molecule has 2 fully saturated rings. The number of carbonyl (C=O) groups is 1. The van der Waals surface area contributed by atoms with Gasteiger partial charge in [-0.2, -0.15) is 5.48 Å². The normalized spacial score (nSPS) is 38.5. The third-order valence-electron chi connectivity index (χ3n) is 3.81. The number of hydrogen-bond acceptors (Lipinski definition) is 4. The molecule has 0 aromatic rings. The summed E-state index contributed by atoms with van der Waals surface area (Å²) < 4.78 is 0. The van der Waals surface area contributed by atoms with Crippen LogP contribution in [-0.4, -0.2) is 23.5 Å². The highest BCUT2D eigenvalue weighted by molar-refractivity contribution is 5.70. The molecule has 0 radical (unpaired) electrons. The maximum absolute atomic E-state index is 11.0. The van der Waals surface area contributed by atoms with Crippen LogP contribution in [0.5, 0.6) is 0 Å². The van der Waals surface area contributed by atoms with Gasteiger partial charge in [-0.05, 0) is 31.1 Å². The van der Waals surface area contributed by atoms with Gasteiger partial charge in [0.2, 0.25) is 0 Å². The van der Waals surface area contributed by atoms with Crippen molar-refractivity contribution in [2.75, 3.05) is 0 Å². The maximum atomic E-state index is 11.0. The molecule has 0 amide bonds. The second-order valence-electron chi connectivity index (χ2n) is 5.51. The van der Waals surface area contributed by atoms with Crippen LogP contribution in [0.15, 0.2) is 0 Å². The number of rotatable bonds is 3. The van der Waals surface area contributed by atoms with E-state index in [-0.39, 0.29) is 18.3 Å². The summed E-state index contributed by atoms with van der Waals surface area (Å²) in [5.41, 5.74) is 3.01. The zero-order chi connectivity index (χ0) is 12.4. The minimum atomic E-state index is -0.658. The highest BCUT2D eigenvalue weighted by Gasteiger charge is 2.36. The van der Waals surface area contributed by atoms with E-state index in [0.29, 0.717) is 11.8 Å². The van der Waals surface area contributed by atoms with Crippen molar-refractivity contribution in [2.24, 2.45) is 17.8 Å². The van der Waals surface area contributed by atoms with Crippen LogP contribution in [0.3, 0.4) is 0 Å². The number of hydroxylamine groups is 1. The first kappa shape index (κ1) is 12.8. The Labute approximate surface area is 102 Å². The fourth-order valence-electron chi connectivity index (χ4n) is 2.71. The van der Waals surface area contributed by atoms with Crippen molar-refractivity contribution in [1.82, 2.24) is 10.8 Å². The van der Waals surface area contributed by atoms with Crippen LogP contribution in [-0.2, 0) is 9.63 Å². The predicted molar refractivity (Wildman–Crippen MR) is 62.9 cm³/mol. The van der Waals surface area contributed by atoms with Crippen LogP contribution in [0.25, 0.3) is 0 Å². The van der Waals surface area contributed by atoms with Crippen LogP contribution >= 0.6 is 0 Å². The number of hydrogen-bond donors (Lipinski definition) is 3. The van der Waals surface area contributed by atoms with E-state index in [1.54, 1.807) is 0 Å². The Balaban J connectivity index is 1.88. The Morgan fingerprint density at radius 2 is 2.18 bits per heavy atom. The van der Waals surface area contributed by atoms with E-state index in [9.17, 15) is 4.79 Å². The first-order valence-corrected chi connectivity index (χ1v) is 6.48. The van der Waals surface area contributed by atoms with Crippen LogP contribution in [0.1, 0.15) is 39.5 Å². The Morgan fingerprint density at radius 3 is 2.76 bits per heavy atom. The third kappa shape index (κ3) is 2.97. The summed E-state index contributed by atoms with van der Waals surface area (Å²) in [5, 5.41) is 12.5. The first-order valence-electron chi connectivity index (χ1n) is 6.48. The van der Waals surface area contributed by atoms with Crippen LogP contribution in [0, 0.1) is 17.8 Å². The van der Waals surface area contributed by atoms with Crippen LogP contribution in [0.2, 0.25) is 0 Å². The predicted octanol–water partition coefficient (Wildman–Crippen LogP) is 1.31. The highest BCUT2D eigenvalue weighted by Crippen LogP contribution is 2.32. The fraction of sp³-hybridized carbons (Fsp3) is 0.917. The lowest BCUT2D eigenvalue weighted by atomic mass is 9.80. The van der Waals surface area contributed by atoms with Gasteiger partial charge >= 0.3 is 5.97 Å². The molecule has 2 rings (SSSR count). The topological polar surface area (TPSA) is 70.6 Å². The lowest BCUT2D eigenvalue weighted by Crippen LogP contribution is -2.43. The summed E-state index contributed by atoms with van der Waals surface area (Å²) in [7, 11) is 0.